The summed E-state index contributed by atoms with van der Waals surface area (Å²) in [5.41, 5.74) is 2.17. The van der Waals surface area contributed by atoms with E-state index >= 15 is 0 Å². The van der Waals surface area contributed by atoms with E-state index < -0.39 is 0 Å². The Balaban J connectivity index is 1.59. The van der Waals surface area contributed by atoms with E-state index in [0.29, 0.717) is 10.2 Å². The van der Waals surface area contributed by atoms with Gasteiger partial charge in [-0.05, 0) is 35.4 Å². The third-order valence-electron chi connectivity index (χ3n) is 2.87. The molecule has 2 aromatic carbocycles. The maximum Gasteiger partial charge on any atom is 0.232 e. The van der Waals surface area contributed by atoms with Crippen molar-refractivity contribution in [3.63, 3.8) is 0 Å². The van der Waals surface area contributed by atoms with Crippen molar-refractivity contribution in [1.82, 2.24) is 10.2 Å². The van der Waals surface area contributed by atoms with Crippen LogP contribution >= 0.6 is 46.3 Å². The van der Waals surface area contributed by atoms with Gasteiger partial charge in [0.1, 0.15) is 0 Å². The molecule has 0 aliphatic carbocycles. The molecule has 0 fully saturated rings. The average molecular weight is 380 g/mol. The van der Waals surface area contributed by atoms with E-state index in [1.54, 1.807) is 18.0 Å². The van der Waals surface area contributed by atoms with Crippen molar-refractivity contribution in [1.29, 1.82) is 0 Å². The SMILES string of the molecule is Clc1ccc(/C=N/c2nnc(SCc3ccc(Cl)cc3)s2)cc1. The summed E-state index contributed by atoms with van der Waals surface area (Å²) in [4.78, 5) is 4.34. The smallest absolute Gasteiger partial charge is 0.226 e. The molecule has 1 heterocycles. The molecule has 0 atom stereocenters. The van der Waals surface area contributed by atoms with Crippen molar-refractivity contribution in [3.8, 4) is 0 Å². The fourth-order valence-electron chi connectivity index (χ4n) is 1.72. The molecular formula is C16H11Cl2N3S2. The highest BCUT2D eigenvalue weighted by molar-refractivity contribution is 8.00. The van der Waals surface area contributed by atoms with Gasteiger partial charge in [0.2, 0.25) is 5.13 Å². The number of rotatable bonds is 5. The molecule has 0 amide bonds. The molecule has 23 heavy (non-hydrogen) atoms. The Kier molecular flexibility index (Phi) is 5.67. The summed E-state index contributed by atoms with van der Waals surface area (Å²) in [6, 6.07) is 15.3. The summed E-state index contributed by atoms with van der Waals surface area (Å²) < 4.78 is 0.892. The van der Waals surface area contributed by atoms with E-state index in [9.17, 15) is 0 Å². The fourth-order valence-corrected chi connectivity index (χ4v) is 3.61. The van der Waals surface area contributed by atoms with Crippen LogP contribution in [0.1, 0.15) is 11.1 Å². The van der Waals surface area contributed by atoms with Gasteiger partial charge in [0.15, 0.2) is 4.34 Å². The Morgan fingerprint density at radius 3 is 2.30 bits per heavy atom. The van der Waals surface area contributed by atoms with Gasteiger partial charge in [-0.15, -0.1) is 10.2 Å². The highest BCUT2D eigenvalue weighted by atomic mass is 35.5. The first kappa shape index (κ1) is 16.5. The molecule has 0 N–H and O–H groups in total. The monoisotopic (exact) mass is 379 g/mol. The lowest BCUT2D eigenvalue weighted by molar-refractivity contribution is 1.01. The first-order chi connectivity index (χ1) is 11.2. The maximum absolute atomic E-state index is 5.88. The zero-order valence-corrected chi connectivity index (χ0v) is 15.0. The Hall–Kier alpha value is -1.40. The van der Waals surface area contributed by atoms with Gasteiger partial charge in [-0.25, -0.2) is 4.99 Å². The Labute approximate surface area is 152 Å². The number of aliphatic imine (C=N–C) groups is 1. The molecule has 3 nitrogen and oxygen atoms in total. The van der Waals surface area contributed by atoms with Gasteiger partial charge in [-0.2, -0.15) is 0 Å². The van der Waals surface area contributed by atoms with E-state index in [2.05, 4.69) is 15.2 Å². The molecule has 116 valence electrons. The van der Waals surface area contributed by atoms with Crippen molar-refractivity contribution >= 4 is 57.6 Å². The molecule has 0 unspecified atom stereocenters. The standard InChI is InChI=1S/C16H11Cl2N3S2/c17-13-5-1-11(2-6-13)9-19-15-20-21-16(23-15)22-10-12-3-7-14(18)8-4-12/h1-9H,10H2/b19-9+. The van der Waals surface area contributed by atoms with Crippen LogP contribution in [0, 0.1) is 0 Å². The fraction of sp³-hybridized carbons (Fsp3) is 0.0625. The number of nitrogens with zero attached hydrogens (tertiary/aromatic N) is 3. The van der Waals surface area contributed by atoms with Crippen molar-refractivity contribution in [3.05, 3.63) is 69.7 Å². The van der Waals surface area contributed by atoms with Gasteiger partial charge >= 0.3 is 0 Å². The van der Waals surface area contributed by atoms with Crippen LogP contribution in [0.2, 0.25) is 10.0 Å². The Bertz CT molecular complexity index is 799. The summed E-state index contributed by atoms with van der Waals surface area (Å²) in [7, 11) is 0. The number of halogens is 2. The van der Waals surface area contributed by atoms with Gasteiger partial charge in [0.25, 0.3) is 0 Å². The topological polar surface area (TPSA) is 38.1 Å². The summed E-state index contributed by atoms with van der Waals surface area (Å²) >= 11 is 14.8. The Morgan fingerprint density at radius 1 is 0.957 bits per heavy atom. The predicted octanol–water partition coefficient (Wildman–Crippen LogP) is 5.89. The summed E-state index contributed by atoms with van der Waals surface area (Å²) in [5.74, 6) is 0.826. The molecule has 0 radical (unpaired) electrons. The molecule has 3 aromatic rings. The van der Waals surface area contributed by atoms with Crippen molar-refractivity contribution in [2.75, 3.05) is 0 Å². The highest BCUT2D eigenvalue weighted by Gasteiger charge is 2.04. The zero-order chi connectivity index (χ0) is 16.1. The molecule has 3 rings (SSSR count). The second kappa shape index (κ2) is 7.93. The molecule has 0 saturated carbocycles. The van der Waals surface area contributed by atoms with E-state index in [1.165, 1.54) is 16.9 Å². The van der Waals surface area contributed by atoms with Crippen LogP contribution in [0.15, 0.2) is 57.9 Å². The normalized spacial score (nSPS) is 11.2. The number of hydrogen-bond acceptors (Lipinski definition) is 5. The number of hydrogen-bond donors (Lipinski definition) is 0. The summed E-state index contributed by atoms with van der Waals surface area (Å²) in [5, 5.41) is 10.3. The lowest BCUT2D eigenvalue weighted by atomic mass is 10.2. The van der Waals surface area contributed by atoms with Crippen LogP contribution in [0.5, 0.6) is 0 Å². The molecular weight excluding hydrogens is 369 g/mol. The largest absolute Gasteiger partial charge is 0.232 e. The number of benzene rings is 2. The van der Waals surface area contributed by atoms with Crippen LogP contribution in [0.4, 0.5) is 5.13 Å². The van der Waals surface area contributed by atoms with Gasteiger partial charge in [-0.1, -0.05) is 70.6 Å². The maximum atomic E-state index is 5.88. The van der Waals surface area contributed by atoms with E-state index in [-0.39, 0.29) is 0 Å². The van der Waals surface area contributed by atoms with Crippen molar-refractivity contribution in [2.24, 2.45) is 4.99 Å². The van der Waals surface area contributed by atoms with Gasteiger partial charge in [-0.3, -0.25) is 0 Å². The van der Waals surface area contributed by atoms with E-state index in [1.807, 2.05) is 48.5 Å². The predicted molar refractivity (Wildman–Crippen MR) is 99.6 cm³/mol. The van der Waals surface area contributed by atoms with Crippen molar-refractivity contribution < 1.29 is 0 Å². The van der Waals surface area contributed by atoms with Gasteiger partial charge in [0, 0.05) is 22.0 Å². The minimum Gasteiger partial charge on any atom is -0.226 e. The molecule has 7 heteroatoms. The second-order valence-corrected chi connectivity index (χ2v) is 7.63. The molecule has 1 aromatic heterocycles. The lowest BCUT2D eigenvalue weighted by Crippen LogP contribution is -1.79. The molecule has 0 aliphatic rings. The van der Waals surface area contributed by atoms with Crippen molar-refractivity contribution in [2.45, 2.75) is 10.1 Å². The minimum absolute atomic E-state index is 0.638. The van der Waals surface area contributed by atoms with Crippen LogP contribution in [-0.2, 0) is 5.75 Å². The average Bonchev–Trinajstić information content (AvgIpc) is 3.02. The third-order valence-corrected chi connectivity index (χ3v) is 5.41. The van der Waals surface area contributed by atoms with Crippen LogP contribution < -0.4 is 0 Å². The number of aromatic nitrogens is 2. The van der Waals surface area contributed by atoms with E-state index in [0.717, 1.165) is 20.7 Å². The first-order valence-corrected chi connectivity index (χ1v) is 9.25. The lowest BCUT2D eigenvalue weighted by Gasteiger charge is -1.98. The number of thioether (sulfide) groups is 1. The third kappa shape index (κ3) is 5.04. The first-order valence-electron chi connectivity index (χ1n) is 6.69. The molecule has 0 bridgehead atoms. The molecule has 0 spiro atoms. The second-order valence-electron chi connectivity index (χ2n) is 4.58. The highest BCUT2D eigenvalue weighted by Crippen LogP contribution is 2.29. The van der Waals surface area contributed by atoms with Crippen LogP contribution in [-0.4, -0.2) is 16.4 Å². The zero-order valence-electron chi connectivity index (χ0n) is 11.8. The van der Waals surface area contributed by atoms with E-state index in [4.69, 9.17) is 23.2 Å². The van der Waals surface area contributed by atoms with Crippen LogP contribution in [0.3, 0.4) is 0 Å². The Morgan fingerprint density at radius 2 is 1.61 bits per heavy atom. The van der Waals surface area contributed by atoms with Crippen LogP contribution in [0.25, 0.3) is 0 Å². The molecule has 0 aliphatic heterocycles. The summed E-state index contributed by atoms with van der Waals surface area (Å²) in [6.45, 7) is 0. The minimum atomic E-state index is 0.638. The summed E-state index contributed by atoms with van der Waals surface area (Å²) in [6.07, 6.45) is 1.75. The molecule has 0 saturated heterocycles. The quantitative estimate of drug-likeness (QED) is 0.409. The van der Waals surface area contributed by atoms with Gasteiger partial charge in [0.05, 0.1) is 0 Å². The van der Waals surface area contributed by atoms with Gasteiger partial charge < -0.3 is 0 Å².